The number of aromatic nitrogens is 3. The number of amides is 1. The molecule has 178 valence electrons. The predicted molar refractivity (Wildman–Crippen MR) is 134 cm³/mol. The van der Waals surface area contributed by atoms with Crippen molar-refractivity contribution < 1.29 is 9.53 Å². The summed E-state index contributed by atoms with van der Waals surface area (Å²) < 4.78 is 5.42. The highest BCUT2D eigenvalue weighted by Crippen LogP contribution is 2.56. The van der Waals surface area contributed by atoms with E-state index in [4.69, 9.17) is 4.74 Å². The van der Waals surface area contributed by atoms with Gasteiger partial charge in [-0.25, -0.2) is 9.97 Å². The zero-order valence-corrected chi connectivity index (χ0v) is 19.8. The number of anilines is 2. The molecule has 2 aliphatic heterocycles. The summed E-state index contributed by atoms with van der Waals surface area (Å²) in [5, 5.41) is 8.26. The normalized spacial score (nSPS) is 23.2. The van der Waals surface area contributed by atoms with Crippen molar-refractivity contribution in [3.05, 3.63) is 53.7 Å². The third-order valence-corrected chi connectivity index (χ3v) is 7.45. The first-order valence-electron chi connectivity index (χ1n) is 12.2. The zero-order valence-electron chi connectivity index (χ0n) is 19.8. The smallest absolute Gasteiger partial charge is 0.229 e. The minimum atomic E-state index is 0.0588. The van der Waals surface area contributed by atoms with Crippen LogP contribution in [0.3, 0.4) is 0 Å². The Morgan fingerprint density at radius 2 is 2.03 bits per heavy atom. The minimum Gasteiger partial charge on any atom is -0.378 e. The quantitative estimate of drug-likeness (QED) is 0.571. The van der Waals surface area contributed by atoms with Crippen molar-refractivity contribution in [2.24, 2.45) is 11.3 Å². The van der Waals surface area contributed by atoms with Gasteiger partial charge in [-0.15, -0.1) is 0 Å². The van der Waals surface area contributed by atoms with Crippen LogP contribution in [0.5, 0.6) is 0 Å². The number of morpholine rings is 1. The molecule has 2 N–H and O–H groups in total. The van der Waals surface area contributed by atoms with Crippen LogP contribution in [0.1, 0.15) is 29.8 Å². The van der Waals surface area contributed by atoms with Gasteiger partial charge in [-0.1, -0.05) is 5.92 Å². The van der Waals surface area contributed by atoms with Crippen LogP contribution >= 0.6 is 0 Å². The van der Waals surface area contributed by atoms with E-state index < -0.39 is 0 Å². The van der Waals surface area contributed by atoms with Gasteiger partial charge >= 0.3 is 0 Å². The average molecular weight is 469 g/mol. The van der Waals surface area contributed by atoms with Gasteiger partial charge in [-0.05, 0) is 55.8 Å². The zero-order chi connectivity index (χ0) is 23.8. The van der Waals surface area contributed by atoms with Gasteiger partial charge < -0.3 is 20.3 Å². The highest BCUT2D eigenvalue weighted by Gasteiger charge is 2.59. The van der Waals surface area contributed by atoms with Crippen molar-refractivity contribution in [2.45, 2.75) is 19.8 Å². The third kappa shape index (κ3) is 4.33. The summed E-state index contributed by atoms with van der Waals surface area (Å²) in [7, 11) is 0. The SMILES string of the molecule is Cc1ncc(C#Cc2ccc(N3CCOCC3)cn2)c2cc(NC(=O)C3CC34CCNC4)ncc12. The molecule has 2 saturated heterocycles. The lowest BCUT2D eigenvalue weighted by Gasteiger charge is -2.28. The Hall–Kier alpha value is -3.54. The first kappa shape index (κ1) is 22.0. The second-order valence-corrected chi connectivity index (χ2v) is 9.66. The van der Waals surface area contributed by atoms with E-state index in [9.17, 15) is 4.79 Å². The maximum Gasteiger partial charge on any atom is 0.229 e. The van der Waals surface area contributed by atoms with E-state index in [1.807, 2.05) is 25.3 Å². The molecule has 3 fully saturated rings. The number of rotatable bonds is 3. The molecule has 6 rings (SSSR count). The van der Waals surface area contributed by atoms with Crippen molar-refractivity contribution in [1.29, 1.82) is 0 Å². The van der Waals surface area contributed by atoms with Crippen LogP contribution in [0.15, 0.2) is 36.8 Å². The second kappa shape index (κ2) is 8.91. The predicted octanol–water partition coefficient (Wildman–Crippen LogP) is 2.51. The van der Waals surface area contributed by atoms with Crippen molar-refractivity contribution in [1.82, 2.24) is 20.3 Å². The second-order valence-electron chi connectivity index (χ2n) is 9.66. The molecule has 35 heavy (non-hydrogen) atoms. The molecule has 0 bridgehead atoms. The number of nitrogens with one attached hydrogen (secondary N) is 2. The number of nitrogens with zero attached hydrogens (tertiary/aromatic N) is 4. The lowest BCUT2D eigenvalue weighted by Crippen LogP contribution is -2.36. The molecule has 1 amide bonds. The maximum absolute atomic E-state index is 12.8. The number of hydrogen-bond acceptors (Lipinski definition) is 7. The fourth-order valence-electron chi connectivity index (χ4n) is 5.20. The molecule has 1 aliphatic carbocycles. The van der Waals surface area contributed by atoms with Crippen molar-refractivity contribution in [3.63, 3.8) is 0 Å². The lowest BCUT2D eigenvalue weighted by molar-refractivity contribution is -0.118. The Morgan fingerprint density at radius 3 is 2.80 bits per heavy atom. The van der Waals surface area contributed by atoms with Gasteiger partial charge in [0, 0.05) is 54.4 Å². The maximum atomic E-state index is 12.8. The lowest BCUT2D eigenvalue weighted by atomic mass is 10.0. The summed E-state index contributed by atoms with van der Waals surface area (Å²) in [6, 6.07) is 5.90. The Kier molecular flexibility index (Phi) is 5.59. The largest absolute Gasteiger partial charge is 0.378 e. The fraction of sp³-hybridized carbons (Fsp3) is 0.407. The molecule has 8 nitrogen and oxygen atoms in total. The fourth-order valence-corrected chi connectivity index (χ4v) is 5.20. The van der Waals surface area contributed by atoms with Crippen molar-refractivity contribution in [3.8, 4) is 11.8 Å². The van der Waals surface area contributed by atoms with Crippen LogP contribution < -0.4 is 15.5 Å². The molecule has 5 heterocycles. The number of ether oxygens (including phenoxy) is 1. The van der Waals surface area contributed by atoms with Crippen LogP contribution in [0.4, 0.5) is 11.5 Å². The number of carbonyl (C=O) groups is 1. The third-order valence-electron chi connectivity index (χ3n) is 7.45. The highest BCUT2D eigenvalue weighted by molar-refractivity contribution is 5.97. The summed E-state index contributed by atoms with van der Waals surface area (Å²) in [4.78, 5) is 28.6. The molecule has 3 aliphatic rings. The van der Waals surface area contributed by atoms with E-state index in [2.05, 4.69) is 48.4 Å². The first-order chi connectivity index (χ1) is 17.1. The molecule has 3 aromatic heterocycles. The van der Waals surface area contributed by atoms with Crippen LogP contribution in [0.2, 0.25) is 0 Å². The van der Waals surface area contributed by atoms with Gasteiger partial charge in [-0.3, -0.25) is 9.78 Å². The number of carbonyl (C=O) groups excluding carboxylic acids is 1. The van der Waals surface area contributed by atoms with Crippen LogP contribution in [-0.2, 0) is 9.53 Å². The summed E-state index contributed by atoms with van der Waals surface area (Å²) >= 11 is 0. The minimum absolute atomic E-state index is 0.0588. The van der Waals surface area contributed by atoms with Crippen molar-refractivity contribution >= 4 is 28.2 Å². The summed E-state index contributed by atoms with van der Waals surface area (Å²) in [6.45, 7) is 7.11. The molecular weight excluding hydrogens is 440 g/mol. The topological polar surface area (TPSA) is 92.3 Å². The molecule has 0 radical (unpaired) electrons. The van der Waals surface area contributed by atoms with E-state index in [-0.39, 0.29) is 17.2 Å². The Morgan fingerprint density at radius 1 is 1.14 bits per heavy atom. The number of fused-ring (bicyclic) bond motifs is 1. The van der Waals surface area contributed by atoms with Gasteiger partial charge in [0.05, 0.1) is 30.7 Å². The standard InChI is InChI=1S/C27H28N6O2/c1-18-23-16-31-25(32-26(34)24-13-27(24)6-7-28-17-27)12-22(23)19(14-29-18)2-3-20-4-5-21(15-30-20)33-8-10-35-11-9-33/h4-5,12,14-16,24,28H,6-11,13,17H2,1H3,(H,31,32,34). The number of hydrogen-bond donors (Lipinski definition) is 2. The summed E-state index contributed by atoms with van der Waals surface area (Å²) in [5.41, 5.74) is 3.59. The molecule has 8 heteroatoms. The van der Waals surface area contributed by atoms with Gasteiger partial charge in [-0.2, -0.15) is 0 Å². The van der Waals surface area contributed by atoms with E-state index in [1.54, 1.807) is 12.4 Å². The van der Waals surface area contributed by atoms with Gasteiger partial charge in [0.15, 0.2) is 0 Å². The van der Waals surface area contributed by atoms with Crippen LogP contribution in [0.25, 0.3) is 10.8 Å². The van der Waals surface area contributed by atoms with Gasteiger partial charge in [0.25, 0.3) is 0 Å². The van der Waals surface area contributed by atoms with E-state index in [0.29, 0.717) is 11.5 Å². The Labute approximate surface area is 204 Å². The number of aryl methyl sites for hydroxylation is 1. The average Bonchev–Trinajstić information content (AvgIpc) is 3.40. The Bertz CT molecular complexity index is 1330. The summed E-state index contributed by atoms with van der Waals surface area (Å²) in [5.74, 6) is 7.07. The first-order valence-corrected chi connectivity index (χ1v) is 12.2. The van der Waals surface area contributed by atoms with E-state index in [0.717, 1.165) is 80.0 Å². The molecule has 2 unspecified atom stereocenters. The molecular formula is C27H28N6O2. The van der Waals surface area contributed by atoms with Crippen molar-refractivity contribution in [2.75, 3.05) is 49.6 Å². The van der Waals surface area contributed by atoms with E-state index >= 15 is 0 Å². The van der Waals surface area contributed by atoms with Gasteiger partial charge in [0.1, 0.15) is 11.5 Å². The number of pyridine rings is 3. The van der Waals surface area contributed by atoms with Crippen LogP contribution in [-0.4, -0.2) is 60.3 Å². The molecule has 1 spiro atoms. The van der Waals surface area contributed by atoms with E-state index in [1.165, 1.54) is 0 Å². The monoisotopic (exact) mass is 468 g/mol. The Balaban J connectivity index is 1.23. The molecule has 3 aromatic rings. The highest BCUT2D eigenvalue weighted by atomic mass is 16.5. The summed E-state index contributed by atoms with van der Waals surface area (Å²) in [6.07, 6.45) is 7.44. The van der Waals surface area contributed by atoms with Crippen LogP contribution in [0, 0.1) is 30.1 Å². The molecule has 2 atom stereocenters. The van der Waals surface area contributed by atoms with Gasteiger partial charge in [0.2, 0.25) is 5.91 Å². The molecule has 1 saturated carbocycles. The molecule has 0 aromatic carbocycles.